The maximum atomic E-state index is 14.0. The number of rotatable bonds is 6. The van der Waals surface area contributed by atoms with Crippen LogP contribution in [-0.4, -0.2) is 41.0 Å². The zero-order valence-corrected chi connectivity index (χ0v) is 13.9. The predicted molar refractivity (Wildman–Crippen MR) is 86.5 cm³/mol. The van der Waals surface area contributed by atoms with Crippen LogP contribution in [0.25, 0.3) is 11.0 Å². The summed E-state index contributed by atoms with van der Waals surface area (Å²) in [7, 11) is 4.10. The molecule has 0 radical (unpaired) electrons. The third-order valence-corrected chi connectivity index (χ3v) is 3.90. The van der Waals surface area contributed by atoms with Crippen LogP contribution < -0.4 is 0 Å². The van der Waals surface area contributed by atoms with Gasteiger partial charge in [0.2, 0.25) is 0 Å². The van der Waals surface area contributed by atoms with E-state index in [-0.39, 0.29) is 11.9 Å². The molecule has 0 spiro atoms. The maximum absolute atomic E-state index is 14.0. The summed E-state index contributed by atoms with van der Waals surface area (Å²) in [6.07, 6.45) is 0.645. The van der Waals surface area contributed by atoms with E-state index in [0.717, 1.165) is 17.9 Å². The average molecular weight is 312 g/mol. The highest BCUT2D eigenvalue weighted by Gasteiger charge is 2.23. The summed E-state index contributed by atoms with van der Waals surface area (Å²) < 4.78 is 16.2. The summed E-state index contributed by atoms with van der Waals surface area (Å²) in [5.74, 6) is 1.50. The first-order valence-electron chi connectivity index (χ1n) is 7.31. The Morgan fingerprint density at radius 2 is 2.05 bits per heavy atom. The molecule has 0 aliphatic rings. The van der Waals surface area contributed by atoms with Gasteiger partial charge in [0.15, 0.2) is 5.82 Å². The molecule has 3 nitrogen and oxygen atoms in total. The van der Waals surface area contributed by atoms with Crippen LogP contribution in [0.1, 0.15) is 25.7 Å². The average Bonchev–Trinajstić information content (AvgIpc) is 2.76. The van der Waals surface area contributed by atoms with E-state index < -0.39 is 0 Å². The van der Waals surface area contributed by atoms with Gasteiger partial charge < -0.3 is 9.47 Å². The fourth-order valence-corrected chi connectivity index (χ4v) is 2.90. The second-order valence-electron chi connectivity index (χ2n) is 6.02. The first-order chi connectivity index (χ1) is 9.95. The van der Waals surface area contributed by atoms with Gasteiger partial charge >= 0.3 is 0 Å². The molecule has 1 unspecified atom stereocenters. The summed E-state index contributed by atoms with van der Waals surface area (Å²) in [5, 5.41) is 0. The van der Waals surface area contributed by atoms with E-state index in [0.29, 0.717) is 23.7 Å². The van der Waals surface area contributed by atoms with Crippen LogP contribution in [0.2, 0.25) is 0 Å². The van der Waals surface area contributed by atoms with Gasteiger partial charge in [0, 0.05) is 18.8 Å². The van der Waals surface area contributed by atoms with Crippen molar-refractivity contribution in [2.24, 2.45) is 5.92 Å². The van der Waals surface area contributed by atoms with Crippen molar-refractivity contribution in [3.63, 3.8) is 0 Å². The number of halogens is 2. The number of aromatic nitrogens is 2. The SMILES string of the molecule is CC(C)C(CN(C)C)n1c(CCCl)nc2c(F)cccc21. The zero-order chi connectivity index (χ0) is 15.6. The number of hydrogen-bond acceptors (Lipinski definition) is 2. The molecule has 2 aromatic rings. The van der Waals surface area contributed by atoms with Gasteiger partial charge in [0.05, 0.1) is 11.6 Å². The first-order valence-corrected chi connectivity index (χ1v) is 7.85. The smallest absolute Gasteiger partial charge is 0.151 e. The Morgan fingerprint density at radius 1 is 1.33 bits per heavy atom. The zero-order valence-electron chi connectivity index (χ0n) is 13.1. The van der Waals surface area contributed by atoms with Crippen LogP contribution in [0.15, 0.2) is 18.2 Å². The van der Waals surface area contributed by atoms with E-state index in [2.05, 4.69) is 42.4 Å². The second kappa shape index (κ2) is 6.75. The highest BCUT2D eigenvalue weighted by molar-refractivity contribution is 6.17. The molecule has 0 bridgehead atoms. The van der Waals surface area contributed by atoms with Crippen LogP contribution in [0.5, 0.6) is 0 Å². The molecule has 1 atom stereocenters. The summed E-state index contributed by atoms with van der Waals surface area (Å²) >= 11 is 5.91. The lowest BCUT2D eigenvalue weighted by Crippen LogP contribution is -2.29. The van der Waals surface area contributed by atoms with E-state index in [1.807, 2.05) is 6.07 Å². The van der Waals surface area contributed by atoms with E-state index in [1.165, 1.54) is 6.07 Å². The largest absolute Gasteiger partial charge is 0.323 e. The third kappa shape index (κ3) is 3.38. The Hall–Kier alpha value is -1.13. The van der Waals surface area contributed by atoms with Crippen molar-refractivity contribution in [1.82, 2.24) is 14.5 Å². The summed E-state index contributed by atoms with van der Waals surface area (Å²) in [6, 6.07) is 5.38. The molecule has 0 amide bonds. The normalized spacial score (nSPS) is 13.5. The number of alkyl halides is 1. The number of aryl methyl sites for hydroxylation is 1. The molecule has 1 aromatic carbocycles. The number of likely N-dealkylation sites (N-methyl/N-ethyl adjacent to an activating group) is 1. The molecule has 0 saturated heterocycles. The monoisotopic (exact) mass is 311 g/mol. The lowest BCUT2D eigenvalue weighted by atomic mass is 10.0. The van der Waals surface area contributed by atoms with Crippen molar-refractivity contribution in [2.75, 3.05) is 26.5 Å². The van der Waals surface area contributed by atoms with Gasteiger partial charge in [-0.15, -0.1) is 11.6 Å². The third-order valence-electron chi connectivity index (χ3n) is 3.72. The van der Waals surface area contributed by atoms with Crippen LogP contribution in [-0.2, 0) is 6.42 Å². The number of imidazole rings is 1. The molecule has 0 saturated carbocycles. The highest BCUT2D eigenvalue weighted by atomic mass is 35.5. The molecule has 1 heterocycles. The fourth-order valence-electron chi connectivity index (χ4n) is 2.73. The van der Waals surface area contributed by atoms with Crippen molar-refractivity contribution in [3.8, 4) is 0 Å². The summed E-state index contributed by atoms with van der Waals surface area (Å²) in [6.45, 7) is 5.25. The molecular formula is C16H23ClFN3. The predicted octanol–water partition coefficient (Wildman–Crippen LogP) is 3.72. The number of para-hydroxylation sites is 1. The number of benzene rings is 1. The Balaban J connectivity index is 2.62. The molecule has 5 heteroatoms. The Kier molecular flexibility index (Phi) is 5.22. The maximum Gasteiger partial charge on any atom is 0.151 e. The lowest BCUT2D eigenvalue weighted by Gasteiger charge is -2.28. The molecule has 0 aliphatic carbocycles. The van der Waals surface area contributed by atoms with Crippen LogP contribution >= 0.6 is 11.6 Å². The van der Waals surface area contributed by atoms with Gasteiger partial charge in [-0.2, -0.15) is 0 Å². The quantitative estimate of drug-likeness (QED) is 0.758. The Morgan fingerprint density at radius 3 is 2.62 bits per heavy atom. The molecule has 116 valence electrons. The van der Waals surface area contributed by atoms with E-state index in [1.54, 1.807) is 6.07 Å². The molecule has 21 heavy (non-hydrogen) atoms. The molecule has 0 aliphatic heterocycles. The highest BCUT2D eigenvalue weighted by Crippen LogP contribution is 2.28. The number of hydrogen-bond donors (Lipinski definition) is 0. The van der Waals surface area contributed by atoms with Gasteiger partial charge in [0.1, 0.15) is 11.3 Å². The topological polar surface area (TPSA) is 21.1 Å². The summed E-state index contributed by atoms with van der Waals surface area (Å²) in [4.78, 5) is 6.65. The first kappa shape index (κ1) is 16.2. The van der Waals surface area contributed by atoms with Crippen molar-refractivity contribution >= 4 is 22.6 Å². The van der Waals surface area contributed by atoms with Crippen molar-refractivity contribution < 1.29 is 4.39 Å². The molecule has 0 fully saturated rings. The standard InChI is InChI=1S/C16H23ClFN3/c1-11(2)14(10-20(3)4)21-13-7-5-6-12(18)16(13)19-15(21)8-9-17/h5-7,11,14H,8-10H2,1-4H3. The van der Waals surface area contributed by atoms with Gasteiger partial charge in [-0.1, -0.05) is 19.9 Å². The minimum absolute atomic E-state index is 0.241. The number of fused-ring (bicyclic) bond motifs is 1. The van der Waals surface area contributed by atoms with Gasteiger partial charge in [-0.05, 0) is 32.1 Å². The van der Waals surface area contributed by atoms with Gasteiger partial charge in [-0.3, -0.25) is 0 Å². The van der Waals surface area contributed by atoms with Crippen LogP contribution in [0, 0.1) is 11.7 Å². The van der Waals surface area contributed by atoms with Gasteiger partial charge in [-0.25, -0.2) is 9.37 Å². The minimum Gasteiger partial charge on any atom is -0.323 e. The second-order valence-corrected chi connectivity index (χ2v) is 6.40. The fraction of sp³-hybridized carbons (Fsp3) is 0.562. The van der Waals surface area contributed by atoms with E-state index >= 15 is 0 Å². The van der Waals surface area contributed by atoms with Crippen LogP contribution in [0.3, 0.4) is 0 Å². The lowest BCUT2D eigenvalue weighted by molar-refractivity contribution is 0.269. The van der Waals surface area contributed by atoms with Gasteiger partial charge in [0.25, 0.3) is 0 Å². The van der Waals surface area contributed by atoms with Crippen LogP contribution in [0.4, 0.5) is 4.39 Å². The molecule has 2 rings (SSSR count). The molecular weight excluding hydrogens is 289 g/mol. The number of nitrogens with zero attached hydrogens (tertiary/aromatic N) is 3. The molecule has 1 aromatic heterocycles. The van der Waals surface area contributed by atoms with Crippen molar-refractivity contribution in [1.29, 1.82) is 0 Å². The minimum atomic E-state index is -0.269. The van der Waals surface area contributed by atoms with Crippen molar-refractivity contribution in [3.05, 3.63) is 29.8 Å². The van der Waals surface area contributed by atoms with E-state index in [9.17, 15) is 4.39 Å². The Bertz CT molecular complexity index is 607. The molecule has 0 N–H and O–H groups in total. The Labute approximate surface area is 130 Å². The summed E-state index contributed by atoms with van der Waals surface area (Å²) in [5.41, 5.74) is 1.30. The van der Waals surface area contributed by atoms with E-state index in [4.69, 9.17) is 11.6 Å². The van der Waals surface area contributed by atoms with Crippen molar-refractivity contribution in [2.45, 2.75) is 26.3 Å².